The van der Waals surface area contributed by atoms with E-state index in [-0.39, 0.29) is 0 Å². The summed E-state index contributed by atoms with van der Waals surface area (Å²) in [4.78, 5) is 9.05. The molecule has 3 aromatic rings. The number of benzene rings is 1. The first-order valence-corrected chi connectivity index (χ1v) is 8.09. The number of aryl methyl sites for hydroxylation is 2. The van der Waals surface area contributed by atoms with Crippen molar-refractivity contribution in [3.05, 3.63) is 17.7 Å². The molecule has 7 nitrogen and oxygen atoms in total. The van der Waals surface area contributed by atoms with Crippen molar-refractivity contribution in [2.24, 2.45) is 12.8 Å². The van der Waals surface area contributed by atoms with Gasteiger partial charge >= 0.3 is 0 Å². The number of fused-ring (bicyclic) bond motifs is 3. The number of anilines is 1. The first-order chi connectivity index (χ1) is 11.6. The summed E-state index contributed by atoms with van der Waals surface area (Å²) in [5.74, 6) is 1.15. The third kappa shape index (κ3) is 2.60. The van der Waals surface area contributed by atoms with Crippen LogP contribution in [0.4, 0.5) is 5.82 Å². The quantitative estimate of drug-likeness (QED) is 0.672. The van der Waals surface area contributed by atoms with E-state index in [2.05, 4.69) is 9.97 Å². The number of nitrogens with two attached hydrogens (primary N) is 2. The average molecular weight is 329 g/mol. The van der Waals surface area contributed by atoms with E-state index in [1.54, 1.807) is 0 Å². The van der Waals surface area contributed by atoms with Gasteiger partial charge in [0.15, 0.2) is 5.82 Å². The highest BCUT2D eigenvalue weighted by atomic mass is 16.5. The molecular formula is C17H23N5O2. The molecule has 2 heterocycles. The fraction of sp³-hybridized carbons (Fsp3) is 0.412. The third-order valence-corrected chi connectivity index (χ3v) is 3.99. The maximum atomic E-state index is 6.14. The molecule has 3 rings (SSSR count). The second-order valence-corrected chi connectivity index (χ2v) is 5.68. The Hall–Kier alpha value is -2.54. The molecule has 0 bridgehead atoms. The summed E-state index contributed by atoms with van der Waals surface area (Å²) in [7, 11) is 1.91. The number of aromatic nitrogens is 3. The number of ether oxygens (including phenoxy) is 2. The van der Waals surface area contributed by atoms with Gasteiger partial charge in [-0.05, 0) is 38.4 Å². The summed E-state index contributed by atoms with van der Waals surface area (Å²) in [5.41, 5.74) is 15.0. The molecule has 0 radical (unpaired) electrons. The zero-order chi connectivity index (χ0) is 17.3. The lowest BCUT2D eigenvalue weighted by Crippen LogP contribution is -2.07. The van der Waals surface area contributed by atoms with Crippen LogP contribution in [0.25, 0.3) is 21.9 Å². The van der Waals surface area contributed by atoms with Gasteiger partial charge in [-0.25, -0.2) is 4.98 Å². The predicted octanol–water partition coefficient (Wildman–Crippen LogP) is 2.14. The van der Waals surface area contributed by atoms with Crippen LogP contribution in [-0.2, 0) is 7.05 Å². The zero-order valence-electron chi connectivity index (χ0n) is 14.3. The number of nitrogens with zero attached hydrogens (tertiary/aromatic N) is 3. The standard InChI is InChI=1S/C17H23N5O2/c1-4-23-17-21-14-15(22(17)3)12-11(24-9-5-8-18)7-6-10(2)13(12)20-16(14)19/h6-7H,4-5,8-9,18H2,1-3H3,(H2,19,20). The Balaban J connectivity index is 2.32. The van der Waals surface area contributed by atoms with Gasteiger partial charge in [0.2, 0.25) is 0 Å². The van der Waals surface area contributed by atoms with Crippen molar-refractivity contribution >= 4 is 27.8 Å². The predicted molar refractivity (Wildman–Crippen MR) is 95.5 cm³/mol. The second kappa shape index (κ2) is 6.52. The van der Waals surface area contributed by atoms with E-state index in [1.165, 1.54) is 0 Å². The number of hydrogen-bond donors (Lipinski definition) is 2. The molecule has 0 saturated carbocycles. The zero-order valence-corrected chi connectivity index (χ0v) is 14.3. The SMILES string of the molecule is CCOc1nc2c(N)nc3c(C)ccc(OCCCN)c3c2n1C. The van der Waals surface area contributed by atoms with E-state index in [0.717, 1.165) is 34.2 Å². The van der Waals surface area contributed by atoms with Crippen LogP contribution < -0.4 is 20.9 Å². The van der Waals surface area contributed by atoms with Gasteiger partial charge in [0.1, 0.15) is 11.3 Å². The average Bonchev–Trinajstić information content (AvgIpc) is 2.89. The van der Waals surface area contributed by atoms with Crippen molar-refractivity contribution in [1.82, 2.24) is 14.5 Å². The molecular weight excluding hydrogens is 306 g/mol. The smallest absolute Gasteiger partial charge is 0.297 e. The molecule has 7 heteroatoms. The lowest BCUT2D eigenvalue weighted by atomic mass is 10.1. The summed E-state index contributed by atoms with van der Waals surface area (Å²) in [6, 6.07) is 4.46. The van der Waals surface area contributed by atoms with Gasteiger partial charge in [-0.3, -0.25) is 4.57 Å². The highest BCUT2D eigenvalue weighted by Gasteiger charge is 2.19. The second-order valence-electron chi connectivity index (χ2n) is 5.68. The normalized spacial score (nSPS) is 11.3. The number of hydrogen-bond acceptors (Lipinski definition) is 6. The maximum absolute atomic E-state index is 6.14. The van der Waals surface area contributed by atoms with E-state index < -0.39 is 0 Å². The van der Waals surface area contributed by atoms with Crippen LogP contribution >= 0.6 is 0 Å². The minimum atomic E-state index is 0.390. The van der Waals surface area contributed by atoms with Gasteiger partial charge < -0.3 is 20.9 Å². The van der Waals surface area contributed by atoms with Gasteiger partial charge in [0.05, 0.1) is 29.6 Å². The number of nitrogen functional groups attached to an aromatic ring is 1. The monoisotopic (exact) mass is 329 g/mol. The Labute approximate surface area is 140 Å². The Morgan fingerprint density at radius 1 is 1.17 bits per heavy atom. The summed E-state index contributed by atoms with van der Waals surface area (Å²) < 4.78 is 13.4. The lowest BCUT2D eigenvalue weighted by Gasteiger charge is -2.13. The van der Waals surface area contributed by atoms with Gasteiger partial charge in [0, 0.05) is 7.05 Å². The van der Waals surface area contributed by atoms with E-state index in [0.29, 0.717) is 37.1 Å². The van der Waals surface area contributed by atoms with Crippen LogP contribution in [0.15, 0.2) is 12.1 Å². The van der Waals surface area contributed by atoms with Gasteiger partial charge in [-0.15, -0.1) is 0 Å². The molecule has 24 heavy (non-hydrogen) atoms. The van der Waals surface area contributed by atoms with Crippen LogP contribution in [0.2, 0.25) is 0 Å². The van der Waals surface area contributed by atoms with Gasteiger partial charge in [-0.2, -0.15) is 4.98 Å². The third-order valence-electron chi connectivity index (χ3n) is 3.99. The van der Waals surface area contributed by atoms with Crippen molar-refractivity contribution in [2.75, 3.05) is 25.5 Å². The molecule has 0 aliphatic carbocycles. The van der Waals surface area contributed by atoms with Crippen molar-refractivity contribution in [1.29, 1.82) is 0 Å². The molecule has 2 aromatic heterocycles. The molecule has 0 atom stereocenters. The molecule has 0 amide bonds. The van der Waals surface area contributed by atoms with Gasteiger partial charge in [0.25, 0.3) is 6.01 Å². The van der Waals surface area contributed by atoms with E-state index in [4.69, 9.17) is 20.9 Å². The van der Waals surface area contributed by atoms with Crippen LogP contribution in [0.1, 0.15) is 18.9 Å². The largest absolute Gasteiger partial charge is 0.493 e. The van der Waals surface area contributed by atoms with E-state index in [9.17, 15) is 0 Å². The summed E-state index contributed by atoms with van der Waals surface area (Å²) >= 11 is 0. The Kier molecular flexibility index (Phi) is 4.44. The highest BCUT2D eigenvalue weighted by molar-refractivity contribution is 6.10. The fourth-order valence-electron chi connectivity index (χ4n) is 2.81. The summed E-state index contributed by atoms with van der Waals surface area (Å²) in [5, 5.41) is 0.900. The molecule has 128 valence electrons. The number of imidazole rings is 1. The van der Waals surface area contributed by atoms with Gasteiger partial charge in [-0.1, -0.05) is 6.07 Å². The molecule has 0 spiro atoms. The minimum absolute atomic E-state index is 0.390. The fourth-order valence-corrected chi connectivity index (χ4v) is 2.81. The molecule has 0 aliphatic rings. The molecule has 0 aliphatic heterocycles. The van der Waals surface area contributed by atoms with Crippen molar-refractivity contribution in [3.63, 3.8) is 0 Å². The molecule has 1 aromatic carbocycles. The maximum Gasteiger partial charge on any atom is 0.297 e. The van der Waals surface area contributed by atoms with Crippen LogP contribution in [0.3, 0.4) is 0 Å². The Morgan fingerprint density at radius 2 is 1.96 bits per heavy atom. The first-order valence-electron chi connectivity index (χ1n) is 8.09. The topological polar surface area (TPSA) is 101 Å². The number of rotatable bonds is 6. The van der Waals surface area contributed by atoms with Crippen molar-refractivity contribution in [3.8, 4) is 11.8 Å². The highest BCUT2D eigenvalue weighted by Crippen LogP contribution is 2.37. The minimum Gasteiger partial charge on any atom is -0.493 e. The molecule has 0 unspecified atom stereocenters. The van der Waals surface area contributed by atoms with Crippen LogP contribution in [0, 0.1) is 6.92 Å². The molecule has 0 fully saturated rings. The molecule has 4 N–H and O–H groups in total. The first kappa shape index (κ1) is 16.3. The summed E-state index contributed by atoms with van der Waals surface area (Å²) in [6.07, 6.45) is 0.788. The summed E-state index contributed by atoms with van der Waals surface area (Å²) in [6.45, 7) is 5.59. The van der Waals surface area contributed by atoms with E-state index >= 15 is 0 Å². The Morgan fingerprint density at radius 3 is 2.67 bits per heavy atom. The molecule has 0 saturated heterocycles. The van der Waals surface area contributed by atoms with E-state index in [1.807, 2.05) is 37.6 Å². The Bertz CT molecular complexity index is 888. The van der Waals surface area contributed by atoms with Crippen LogP contribution in [0.5, 0.6) is 11.8 Å². The van der Waals surface area contributed by atoms with Crippen molar-refractivity contribution in [2.45, 2.75) is 20.3 Å². The lowest BCUT2D eigenvalue weighted by molar-refractivity contribution is 0.304. The number of pyridine rings is 1. The van der Waals surface area contributed by atoms with Crippen LogP contribution in [-0.4, -0.2) is 34.3 Å². The van der Waals surface area contributed by atoms with Crippen molar-refractivity contribution < 1.29 is 9.47 Å².